The largest absolute Gasteiger partial charge is 0.349 e. The predicted octanol–water partition coefficient (Wildman–Crippen LogP) is 1.42. The molecule has 2 saturated carbocycles. The van der Waals surface area contributed by atoms with Gasteiger partial charge in [-0.25, -0.2) is 8.42 Å². The monoisotopic (exact) mass is 349 g/mol. The van der Waals surface area contributed by atoms with Crippen molar-refractivity contribution in [2.75, 3.05) is 12.3 Å². The molecule has 0 saturated heterocycles. The zero-order chi connectivity index (χ0) is 16.9. The summed E-state index contributed by atoms with van der Waals surface area (Å²) < 4.78 is 26.8. The van der Waals surface area contributed by atoms with Crippen LogP contribution < -0.4 is 5.32 Å². The summed E-state index contributed by atoms with van der Waals surface area (Å²) in [4.78, 5) is 14.3. The van der Waals surface area contributed by atoms with Crippen molar-refractivity contribution in [2.45, 2.75) is 38.6 Å². The van der Waals surface area contributed by atoms with E-state index >= 15 is 0 Å². The van der Waals surface area contributed by atoms with Gasteiger partial charge in [-0.2, -0.15) is 0 Å². The number of amidine groups is 1. The van der Waals surface area contributed by atoms with Gasteiger partial charge in [-0.15, -0.1) is 4.40 Å². The van der Waals surface area contributed by atoms with Crippen LogP contribution in [0.5, 0.6) is 0 Å². The van der Waals surface area contributed by atoms with Gasteiger partial charge >= 0.3 is 0 Å². The highest BCUT2D eigenvalue weighted by Crippen LogP contribution is 2.49. The van der Waals surface area contributed by atoms with E-state index in [-0.39, 0.29) is 17.7 Å². The van der Waals surface area contributed by atoms with Gasteiger partial charge in [0.25, 0.3) is 15.9 Å². The third kappa shape index (κ3) is 2.90. The molecule has 130 valence electrons. The fourth-order valence-electron chi connectivity index (χ4n) is 4.64. The van der Waals surface area contributed by atoms with Crippen molar-refractivity contribution in [3.63, 3.8) is 0 Å². The molecule has 0 spiro atoms. The molecule has 0 aromatic carbocycles. The maximum Gasteiger partial charge on any atom is 0.256 e. The highest BCUT2D eigenvalue weighted by Gasteiger charge is 2.42. The highest BCUT2D eigenvalue weighted by molar-refractivity contribution is 7.90. The van der Waals surface area contributed by atoms with Crippen LogP contribution >= 0.6 is 0 Å². The zero-order valence-electron chi connectivity index (χ0n) is 13.8. The third-order valence-electron chi connectivity index (χ3n) is 5.88. The van der Waals surface area contributed by atoms with Crippen molar-refractivity contribution in [2.24, 2.45) is 22.2 Å². The molecule has 24 heavy (non-hydrogen) atoms. The van der Waals surface area contributed by atoms with E-state index in [9.17, 15) is 13.2 Å². The summed E-state index contributed by atoms with van der Waals surface area (Å²) in [7, 11) is -3.36. The van der Waals surface area contributed by atoms with Crippen LogP contribution in [-0.4, -0.2) is 43.4 Å². The number of carbonyl (C=O) groups excluding carboxylic acids is 1. The van der Waals surface area contributed by atoms with Crippen LogP contribution in [0.15, 0.2) is 28.3 Å². The number of amides is 1. The Labute approximate surface area is 142 Å². The average molecular weight is 349 g/mol. The Hall–Kier alpha value is -1.63. The number of hydrogen-bond donors (Lipinski definition) is 1. The Kier molecular flexibility index (Phi) is 3.78. The van der Waals surface area contributed by atoms with E-state index < -0.39 is 10.0 Å². The van der Waals surface area contributed by atoms with Gasteiger partial charge in [0, 0.05) is 18.8 Å². The van der Waals surface area contributed by atoms with E-state index in [0.717, 1.165) is 11.8 Å². The highest BCUT2D eigenvalue weighted by atomic mass is 32.2. The first-order valence-electron chi connectivity index (χ1n) is 8.71. The van der Waals surface area contributed by atoms with E-state index in [2.05, 4.69) is 16.6 Å². The molecule has 7 heteroatoms. The first-order valence-corrected chi connectivity index (χ1v) is 10.3. The molecule has 0 unspecified atom stereocenters. The number of nitrogens with one attached hydrogen (secondary N) is 1. The average Bonchev–Trinajstić information content (AvgIpc) is 3.16. The molecule has 2 aliphatic carbocycles. The number of hydrogen-bond acceptors (Lipinski definition) is 4. The molecule has 0 aromatic rings. The van der Waals surface area contributed by atoms with Crippen LogP contribution in [0.1, 0.15) is 32.6 Å². The molecular formula is C17H23N3O3S. The quantitative estimate of drug-likeness (QED) is 0.836. The summed E-state index contributed by atoms with van der Waals surface area (Å²) in [6.07, 6.45) is 10.2. The van der Waals surface area contributed by atoms with E-state index in [1.54, 1.807) is 23.3 Å². The molecule has 2 fully saturated rings. The van der Waals surface area contributed by atoms with E-state index in [0.29, 0.717) is 23.9 Å². The van der Waals surface area contributed by atoms with Gasteiger partial charge < -0.3 is 10.2 Å². The standard InChI is InChI=1S/C17H23N3O3S/c1-11(15-9-12-2-3-13(15)8-12)18-17(21)14-4-5-16-19-24(22,23)7-6-20(16)10-14/h4-5,10-13,15H,2-3,6-9H2,1H3,(H,18,21)/t11-,12-,13-,15-/m0/s1. The van der Waals surface area contributed by atoms with Gasteiger partial charge in [-0.1, -0.05) is 6.42 Å². The molecule has 2 bridgehead atoms. The Morgan fingerprint density at radius 1 is 1.33 bits per heavy atom. The number of rotatable bonds is 3. The van der Waals surface area contributed by atoms with Gasteiger partial charge in [-0.05, 0) is 56.1 Å². The second-order valence-corrected chi connectivity index (χ2v) is 9.20. The zero-order valence-corrected chi connectivity index (χ0v) is 14.6. The first-order chi connectivity index (χ1) is 11.4. The lowest BCUT2D eigenvalue weighted by Gasteiger charge is -2.30. The summed E-state index contributed by atoms with van der Waals surface area (Å²) in [6, 6.07) is 0.180. The molecule has 0 radical (unpaired) electrons. The Balaban J connectivity index is 1.42. The molecular weight excluding hydrogens is 326 g/mol. The van der Waals surface area contributed by atoms with Gasteiger partial charge in [0.15, 0.2) is 0 Å². The van der Waals surface area contributed by atoms with Crippen LogP contribution in [-0.2, 0) is 14.8 Å². The molecule has 1 N–H and O–H groups in total. The number of sulfonamides is 1. The Morgan fingerprint density at radius 3 is 2.88 bits per heavy atom. The summed E-state index contributed by atoms with van der Waals surface area (Å²) in [5.41, 5.74) is 0.559. The summed E-state index contributed by atoms with van der Waals surface area (Å²) in [6.45, 7) is 2.45. The molecule has 2 aliphatic heterocycles. The van der Waals surface area contributed by atoms with Crippen molar-refractivity contribution >= 4 is 21.8 Å². The second kappa shape index (κ2) is 5.72. The predicted molar refractivity (Wildman–Crippen MR) is 91.7 cm³/mol. The van der Waals surface area contributed by atoms with Crippen molar-refractivity contribution in [3.05, 3.63) is 23.9 Å². The smallest absolute Gasteiger partial charge is 0.256 e. The topological polar surface area (TPSA) is 78.8 Å². The maximum absolute atomic E-state index is 12.6. The van der Waals surface area contributed by atoms with E-state index in [4.69, 9.17) is 0 Å². The SMILES string of the molecule is C[C@H](NC(=O)C1=CN2CCS(=O)(=O)N=C2C=C1)[C@@H]1C[C@H]2CC[C@H]1C2. The van der Waals surface area contributed by atoms with E-state index in [1.165, 1.54) is 25.7 Å². The molecule has 4 rings (SSSR count). The van der Waals surface area contributed by atoms with Gasteiger partial charge in [-0.3, -0.25) is 4.79 Å². The Morgan fingerprint density at radius 2 is 2.17 bits per heavy atom. The lowest BCUT2D eigenvalue weighted by Crippen LogP contribution is -2.42. The minimum absolute atomic E-state index is 0.0166. The maximum atomic E-state index is 12.6. The van der Waals surface area contributed by atoms with Gasteiger partial charge in [0.05, 0.1) is 11.3 Å². The van der Waals surface area contributed by atoms with Crippen LogP contribution in [0, 0.1) is 17.8 Å². The Bertz CT molecular complexity index is 753. The van der Waals surface area contributed by atoms with Crippen LogP contribution in [0.25, 0.3) is 0 Å². The summed E-state index contributed by atoms with van der Waals surface area (Å²) in [5, 5.41) is 3.14. The first kappa shape index (κ1) is 15.9. The molecule has 4 atom stereocenters. The van der Waals surface area contributed by atoms with Gasteiger partial charge in [0.2, 0.25) is 0 Å². The number of fused-ring (bicyclic) bond motifs is 3. The lowest BCUT2D eigenvalue weighted by atomic mass is 9.84. The fourth-order valence-corrected chi connectivity index (χ4v) is 5.61. The van der Waals surface area contributed by atoms with Crippen molar-refractivity contribution in [1.29, 1.82) is 0 Å². The lowest BCUT2D eigenvalue weighted by molar-refractivity contribution is -0.118. The molecule has 2 heterocycles. The van der Waals surface area contributed by atoms with Crippen molar-refractivity contribution < 1.29 is 13.2 Å². The third-order valence-corrected chi connectivity index (χ3v) is 7.04. The van der Waals surface area contributed by atoms with E-state index in [1.807, 2.05) is 0 Å². The fraction of sp³-hybridized carbons (Fsp3) is 0.647. The van der Waals surface area contributed by atoms with Crippen LogP contribution in [0.4, 0.5) is 0 Å². The van der Waals surface area contributed by atoms with Crippen molar-refractivity contribution in [3.8, 4) is 0 Å². The van der Waals surface area contributed by atoms with Crippen molar-refractivity contribution in [1.82, 2.24) is 10.2 Å². The van der Waals surface area contributed by atoms with Crippen LogP contribution in [0.2, 0.25) is 0 Å². The molecule has 0 aromatic heterocycles. The normalized spacial score (nSPS) is 34.4. The van der Waals surface area contributed by atoms with Gasteiger partial charge in [0.1, 0.15) is 5.84 Å². The minimum Gasteiger partial charge on any atom is -0.349 e. The summed E-state index contributed by atoms with van der Waals surface area (Å²) >= 11 is 0. The van der Waals surface area contributed by atoms with Crippen LogP contribution in [0.3, 0.4) is 0 Å². The molecule has 4 aliphatic rings. The molecule has 1 amide bonds. The minimum atomic E-state index is -3.36. The molecule has 6 nitrogen and oxygen atoms in total. The summed E-state index contributed by atoms with van der Waals surface area (Å²) in [5.74, 6) is 2.51. The number of carbonyl (C=O) groups is 1. The second-order valence-electron chi connectivity index (χ2n) is 7.45. The number of nitrogens with zero attached hydrogens (tertiary/aromatic N) is 2.